The van der Waals surface area contributed by atoms with E-state index in [9.17, 15) is 0 Å². The third-order valence-electron chi connectivity index (χ3n) is 4.56. The summed E-state index contributed by atoms with van der Waals surface area (Å²) in [5.41, 5.74) is 2.53. The van der Waals surface area contributed by atoms with Crippen molar-refractivity contribution in [1.82, 2.24) is 15.1 Å². The number of rotatable bonds is 6. The zero-order valence-electron chi connectivity index (χ0n) is 13.3. The maximum Gasteiger partial charge on any atom is 0.0860 e. The zero-order chi connectivity index (χ0) is 14.8. The molecule has 3 nitrogen and oxygen atoms in total. The van der Waals surface area contributed by atoms with Crippen LogP contribution in [0.3, 0.4) is 0 Å². The Labute approximate surface area is 128 Å². The highest BCUT2D eigenvalue weighted by molar-refractivity contribution is 6.31. The number of aromatic nitrogens is 2. The van der Waals surface area contributed by atoms with Gasteiger partial charge in [-0.2, -0.15) is 5.10 Å². The zero-order valence-corrected chi connectivity index (χ0v) is 14.1. The summed E-state index contributed by atoms with van der Waals surface area (Å²) in [4.78, 5) is 0. The van der Waals surface area contributed by atoms with Crippen molar-refractivity contribution in [3.63, 3.8) is 0 Å². The lowest BCUT2D eigenvalue weighted by Gasteiger charge is -2.31. The molecule has 0 bridgehead atoms. The van der Waals surface area contributed by atoms with Crippen LogP contribution in [0, 0.1) is 18.3 Å². The highest BCUT2D eigenvalue weighted by Crippen LogP contribution is 2.42. The van der Waals surface area contributed by atoms with Crippen LogP contribution in [0.4, 0.5) is 0 Å². The van der Waals surface area contributed by atoms with Crippen molar-refractivity contribution >= 4 is 11.6 Å². The fourth-order valence-corrected chi connectivity index (χ4v) is 3.99. The van der Waals surface area contributed by atoms with Gasteiger partial charge in [0.25, 0.3) is 0 Å². The van der Waals surface area contributed by atoms with Crippen LogP contribution in [-0.2, 0) is 13.6 Å². The summed E-state index contributed by atoms with van der Waals surface area (Å²) in [5.74, 6) is 0.775. The van der Waals surface area contributed by atoms with Crippen molar-refractivity contribution in [2.75, 3.05) is 6.54 Å². The van der Waals surface area contributed by atoms with E-state index in [1.807, 2.05) is 18.7 Å². The lowest BCUT2D eigenvalue weighted by Crippen LogP contribution is -2.33. The molecule has 2 rings (SSSR count). The molecule has 0 aromatic carbocycles. The van der Waals surface area contributed by atoms with Crippen molar-refractivity contribution in [3.8, 4) is 0 Å². The van der Waals surface area contributed by atoms with Crippen molar-refractivity contribution in [2.45, 2.75) is 59.4 Å². The second-order valence-electron chi connectivity index (χ2n) is 6.88. The van der Waals surface area contributed by atoms with E-state index in [1.165, 1.54) is 32.1 Å². The van der Waals surface area contributed by atoms with E-state index in [1.54, 1.807) is 0 Å². The number of aryl methyl sites for hydroxylation is 2. The molecule has 0 saturated heterocycles. The Hall–Kier alpha value is -0.540. The Morgan fingerprint density at radius 1 is 1.35 bits per heavy atom. The third-order valence-corrected chi connectivity index (χ3v) is 5.05. The van der Waals surface area contributed by atoms with Crippen LogP contribution in [-0.4, -0.2) is 16.3 Å². The van der Waals surface area contributed by atoms with Gasteiger partial charge in [0.2, 0.25) is 0 Å². The lowest BCUT2D eigenvalue weighted by atomic mass is 9.78. The fourth-order valence-electron chi connectivity index (χ4n) is 3.76. The largest absolute Gasteiger partial charge is 0.311 e. The smallest absolute Gasteiger partial charge is 0.0860 e. The molecule has 114 valence electrons. The van der Waals surface area contributed by atoms with Crippen molar-refractivity contribution in [2.24, 2.45) is 18.4 Å². The van der Waals surface area contributed by atoms with Crippen LogP contribution in [0.2, 0.25) is 5.02 Å². The van der Waals surface area contributed by atoms with E-state index >= 15 is 0 Å². The quantitative estimate of drug-likeness (QED) is 0.857. The molecule has 0 spiro atoms. The maximum absolute atomic E-state index is 6.31. The summed E-state index contributed by atoms with van der Waals surface area (Å²) in [5, 5.41) is 8.82. The highest BCUT2D eigenvalue weighted by Gasteiger charge is 2.33. The van der Waals surface area contributed by atoms with Gasteiger partial charge in [0.15, 0.2) is 0 Å². The minimum Gasteiger partial charge on any atom is -0.311 e. The van der Waals surface area contributed by atoms with Crippen LogP contribution < -0.4 is 5.32 Å². The Kier molecular flexibility index (Phi) is 5.14. The molecule has 0 amide bonds. The first-order valence-electron chi connectivity index (χ1n) is 7.82. The predicted octanol–water partition coefficient (Wildman–Crippen LogP) is 4.08. The fraction of sp³-hybridized carbons (Fsp3) is 0.812. The Bertz CT molecular complexity index is 445. The molecule has 4 heteroatoms. The first kappa shape index (κ1) is 15.8. The monoisotopic (exact) mass is 297 g/mol. The normalized spacial score (nSPS) is 18.1. The van der Waals surface area contributed by atoms with Gasteiger partial charge in [-0.25, -0.2) is 0 Å². The number of nitrogens with one attached hydrogen (secondary N) is 1. The number of hydrogen-bond donors (Lipinski definition) is 1. The van der Waals surface area contributed by atoms with Gasteiger partial charge in [0, 0.05) is 20.1 Å². The highest BCUT2D eigenvalue weighted by atomic mass is 35.5. The molecule has 1 aliphatic rings. The first-order chi connectivity index (χ1) is 9.43. The van der Waals surface area contributed by atoms with Crippen LogP contribution in [0.25, 0.3) is 0 Å². The molecular formula is C16H28ClN3. The molecule has 0 unspecified atom stereocenters. The van der Waals surface area contributed by atoms with Gasteiger partial charge >= 0.3 is 0 Å². The Balaban J connectivity index is 1.93. The first-order valence-corrected chi connectivity index (χ1v) is 8.20. The standard InChI is InChI=1S/C16H28ClN3/c1-12(2)9-16(7-5-6-8-16)11-18-10-14-15(17)13(3)19-20(14)4/h12,18H,5-11H2,1-4H3. The molecular weight excluding hydrogens is 270 g/mol. The minimum atomic E-state index is 0.508. The SMILES string of the molecule is Cc1nn(C)c(CNCC2(CC(C)C)CCCC2)c1Cl. The Morgan fingerprint density at radius 2 is 2.00 bits per heavy atom. The van der Waals surface area contributed by atoms with Crippen LogP contribution in [0.15, 0.2) is 0 Å². The molecule has 1 fully saturated rings. The van der Waals surface area contributed by atoms with Gasteiger partial charge < -0.3 is 5.32 Å². The van der Waals surface area contributed by atoms with E-state index in [4.69, 9.17) is 11.6 Å². The Morgan fingerprint density at radius 3 is 2.50 bits per heavy atom. The van der Waals surface area contributed by atoms with E-state index in [2.05, 4.69) is 24.3 Å². The molecule has 0 atom stereocenters. The lowest BCUT2D eigenvalue weighted by molar-refractivity contribution is 0.223. The van der Waals surface area contributed by atoms with Crippen LogP contribution >= 0.6 is 11.6 Å². The second kappa shape index (κ2) is 6.48. The van der Waals surface area contributed by atoms with Crippen molar-refractivity contribution in [3.05, 3.63) is 16.4 Å². The van der Waals surface area contributed by atoms with Gasteiger partial charge in [-0.3, -0.25) is 4.68 Å². The molecule has 1 aromatic heterocycles. The summed E-state index contributed by atoms with van der Waals surface area (Å²) in [6.45, 7) is 8.55. The summed E-state index contributed by atoms with van der Waals surface area (Å²) in [6, 6.07) is 0. The van der Waals surface area contributed by atoms with Gasteiger partial charge in [0.05, 0.1) is 16.4 Å². The average molecular weight is 298 g/mol. The molecule has 1 N–H and O–H groups in total. The van der Waals surface area contributed by atoms with Crippen molar-refractivity contribution < 1.29 is 0 Å². The van der Waals surface area contributed by atoms with Crippen LogP contribution in [0.1, 0.15) is 57.3 Å². The number of hydrogen-bond acceptors (Lipinski definition) is 2. The summed E-state index contributed by atoms with van der Waals surface area (Å²) >= 11 is 6.31. The van der Waals surface area contributed by atoms with E-state index in [0.717, 1.165) is 35.4 Å². The third kappa shape index (κ3) is 3.56. The van der Waals surface area contributed by atoms with Crippen molar-refractivity contribution in [1.29, 1.82) is 0 Å². The van der Waals surface area contributed by atoms with E-state index in [-0.39, 0.29) is 0 Å². The molecule has 0 radical (unpaired) electrons. The predicted molar refractivity (Wildman–Crippen MR) is 85.0 cm³/mol. The van der Waals surface area contributed by atoms with E-state index in [0.29, 0.717) is 5.41 Å². The second-order valence-corrected chi connectivity index (χ2v) is 7.26. The number of nitrogens with zero attached hydrogens (tertiary/aromatic N) is 2. The summed E-state index contributed by atoms with van der Waals surface area (Å²) < 4.78 is 1.90. The molecule has 20 heavy (non-hydrogen) atoms. The molecule has 1 heterocycles. The average Bonchev–Trinajstić information content (AvgIpc) is 2.89. The van der Waals surface area contributed by atoms with E-state index < -0.39 is 0 Å². The van der Waals surface area contributed by atoms with Gasteiger partial charge in [0.1, 0.15) is 0 Å². The molecule has 1 aliphatic carbocycles. The van der Waals surface area contributed by atoms with Crippen LogP contribution in [0.5, 0.6) is 0 Å². The van der Waals surface area contributed by atoms with Gasteiger partial charge in [-0.15, -0.1) is 0 Å². The summed E-state index contributed by atoms with van der Waals surface area (Å²) in [6.07, 6.45) is 6.85. The van der Waals surface area contributed by atoms with Gasteiger partial charge in [-0.05, 0) is 37.5 Å². The molecule has 1 aromatic rings. The maximum atomic E-state index is 6.31. The molecule has 0 aliphatic heterocycles. The van der Waals surface area contributed by atoms with Gasteiger partial charge in [-0.1, -0.05) is 38.3 Å². The minimum absolute atomic E-state index is 0.508. The molecule has 1 saturated carbocycles. The topological polar surface area (TPSA) is 29.9 Å². The summed E-state index contributed by atoms with van der Waals surface area (Å²) in [7, 11) is 1.97. The number of halogens is 1.